The molecule has 7 rings (SSSR count). The first-order valence-corrected chi connectivity index (χ1v) is 15.7. The maximum Gasteiger partial charge on any atom is 0.250 e. The maximum absolute atomic E-state index is 14.8. The lowest BCUT2D eigenvalue weighted by molar-refractivity contribution is -0.132. The molecule has 1 saturated heterocycles. The van der Waals surface area contributed by atoms with Crippen LogP contribution in [0.4, 0.5) is 0 Å². The minimum absolute atomic E-state index is 0.0339. The third kappa shape index (κ3) is 4.05. The van der Waals surface area contributed by atoms with Gasteiger partial charge in [0, 0.05) is 49.0 Å². The molecule has 46 heavy (non-hydrogen) atoms. The predicted octanol–water partition coefficient (Wildman–Crippen LogP) is 8.74. The van der Waals surface area contributed by atoms with Gasteiger partial charge in [0.15, 0.2) is 5.78 Å². The molecule has 2 heterocycles. The molecule has 0 spiro atoms. The summed E-state index contributed by atoms with van der Waals surface area (Å²) in [5.74, 6) is -3.90. The molecule has 10 heteroatoms. The van der Waals surface area contributed by atoms with E-state index in [0.717, 1.165) is 5.56 Å². The van der Waals surface area contributed by atoms with Crippen molar-refractivity contribution < 1.29 is 9.59 Å². The van der Waals surface area contributed by atoms with Gasteiger partial charge in [-0.05, 0) is 77.4 Å². The van der Waals surface area contributed by atoms with Gasteiger partial charge in [-0.1, -0.05) is 82.8 Å². The molecule has 1 N–H and O–H groups in total. The molecule has 0 radical (unpaired) electrons. The second-order valence-corrected chi connectivity index (χ2v) is 13.3. The Bertz CT molecular complexity index is 2080. The molecule has 4 aromatic carbocycles. The van der Waals surface area contributed by atoms with Gasteiger partial charge in [-0.25, -0.2) is 0 Å². The summed E-state index contributed by atoms with van der Waals surface area (Å²) in [5.41, 5.74) is -1.20. The van der Waals surface area contributed by atoms with Crippen molar-refractivity contribution in [3.05, 3.63) is 151 Å². The number of rotatable bonds is 5. The molecule has 224 valence electrons. The highest BCUT2D eigenvalue weighted by Crippen LogP contribution is 2.80. The number of amides is 1. The number of fused-ring (bicyclic) bond motifs is 3. The van der Waals surface area contributed by atoms with E-state index >= 15 is 0 Å². The van der Waals surface area contributed by atoms with Gasteiger partial charge in [-0.3, -0.25) is 19.9 Å². The van der Waals surface area contributed by atoms with E-state index in [0.29, 0.717) is 31.2 Å². The van der Waals surface area contributed by atoms with Crippen molar-refractivity contribution in [2.75, 3.05) is 0 Å². The van der Waals surface area contributed by atoms with E-state index in [-0.39, 0.29) is 16.7 Å². The molecule has 0 bridgehead atoms. The van der Waals surface area contributed by atoms with E-state index in [1.54, 1.807) is 97.1 Å². The van der Waals surface area contributed by atoms with Crippen LogP contribution in [-0.2, 0) is 10.3 Å². The smallest absolute Gasteiger partial charge is 0.250 e. The van der Waals surface area contributed by atoms with Crippen molar-refractivity contribution in [3.63, 3.8) is 0 Å². The van der Waals surface area contributed by atoms with Crippen molar-refractivity contribution >= 4 is 63.9 Å². The number of nitrogens with zero attached hydrogens (tertiary/aromatic N) is 3. The molecule has 6 nitrogen and oxygen atoms in total. The van der Waals surface area contributed by atoms with Crippen molar-refractivity contribution in [3.8, 4) is 12.1 Å². The summed E-state index contributed by atoms with van der Waals surface area (Å²) in [4.78, 5) is 30.7. The number of Topliss-reactive ketones (excluding diaryl/α,β-unsaturated/α-hetero) is 1. The second kappa shape index (κ2) is 10.8. The quantitative estimate of drug-likeness (QED) is 0.212. The number of nitrogens with one attached hydrogen (secondary N) is 1. The van der Waals surface area contributed by atoms with E-state index in [9.17, 15) is 25.5 Å². The minimum atomic E-state index is -1.59. The van der Waals surface area contributed by atoms with Crippen LogP contribution in [0.1, 0.15) is 38.9 Å². The van der Waals surface area contributed by atoms with Crippen LogP contribution in [0.15, 0.2) is 108 Å². The topological polar surface area (TPSA) is 109 Å². The van der Waals surface area contributed by atoms with E-state index in [4.69, 9.17) is 46.4 Å². The Balaban J connectivity index is 1.60. The Hall–Kier alpha value is -4.43. The van der Waals surface area contributed by atoms with E-state index < -0.39 is 46.2 Å². The van der Waals surface area contributed by atoms with Crippen molar-refractivity contribution in [2.24, 2.45) is 11.3 Å². The fourth-order valence-corrected chi connectivity index (χ4v) is 8.15. The molecular weight excluding hydrogens is 662 g/mol. The number of piperidine rings is 1. The van der Waals surface area contributed by atoms with Gasteiger partial charge >= 0.3 is 0 Å². The highest BCUT2D eigenvalue weighted by molar-refractivity contribution is 6.32. The molecular formula is C36H20Cl4N4O2. The van der Waals surface area contributed by atoms with Crippen LogP contribution in [0.3, 0.4) is 0 Å². The number of hydrogen-bond donors (Lipinski definition) is 1. The fraction of sp³-hybridized carbons (Fsp3) is 0.139. The average molecular weight is 682 g/mol. The van der Waals surface area contributed by atoms with E-state index in [1.165, 1.54) is 4.90 Å². The Labute approximate surface area is 284 Å². The number of carbonyl (C=O) groups is 2. The van der Waals surface area contributed by atoms with Crippen LogP contribution >= 0.6 is 46.4 Å². The molecule has 1 aliphatic carbocycles. The Kier molecular flexibility index (Phi) is 7.12. The summed E-state index contributed by atoms with van der Waals surface area (Å²) in [7, 11) is 0. The monoisotopic (exact) mass is 680 g/mol. The second-order valence-electron chi connectivity index (χ2n) is 11.5. The number of hydrogen-bond acceptors (Lipinski definition) is 5. The van der Waals surface area contributed by atoms with Crippen molar-refractivity contribution in [2.45, 2.75) is 17.4 Å². The molecule has 1 amide bonds. The van der Waals surface area contributed by atoms with Crippen molar-refractivity contribution in [1.29, 1.82) is 15.9 Å². The first-order chi connectivity index (χ1) is 22.1. The first-order valence-electron chi connectivity index (χ1n) is 14.2. The van der Waals surface area contributed by atoms with Crippen LogP contribution < -0.4 is 0 Å². The molecule has 0 aromatic heterocycles. The maximum atomic E-state index is 14.8. The van der Waals surface area contributed by atoms with Gasteiger partial charge in [0.1, 0.15) is 22.9 Å². The van der Waals surface area contributed by atoms with Crippen LogP contribution in [-0.4, -0.2) is 22.4 Å². The van der Waals surface area contributed by atoms with Gasteiger partial charge < -0.3 is 0 Å². The summed E-state index contributed by atoms with van der Waals surface area (Å²) >= 11 is 25.1. The standard InChI is InChI=1S/C36H20Cl4N4O2/c37-23-9-1-19(2-10-23)29-28(31(45)21-5-13-25(39)14-6-21)27(17-41)33(43)44-34(46)35(18-42)30(20-3-11-24(38)12-4-20)32(35)36(29,44)22-7-15-26(40)16-8-22/h1-16,29-30,32,43H/t29-,30+,32?,35+,36+/m0/s1. The number of benzene rings is 4. The van der Waals surface area contributed by atoms with Crippen LogP contribution in [0.2, 0.25) is 20.1 Å². The van der Waals surface area contributed by atoms with Gasteiger partial charge in [0.25, 0.3) is 5.91 Å². The number of ketones is 1. The summed E-state index contributed by atoms with van der Waals surface area (Å²) < 4.78 is 0. The molecule has 5 atom stereocenters. The number of amidine groups is 1. The Morgan fingerprint density at radius 1 is 0.739 bits per heavy atom. The lowest BCUT2D eigenvalue weighted by Gasteiger charge is -2.51. The summed E-state index contributed by atoms with van der Waals surface area (Å²) in [6.07, 6.45) is 0. The Morgan fingerprint density at radius 2 is 1.22 bits per heavy atom. The number of halogens is 4. The van der Waals surface area contributed by atoms with Crippen molar-refractivity contribution in [1.82, 2.24) is 4.90 Å². The zero-order chi connectivity index (χ0) is 32.5. The fourth-order valence-electron chi connectivity index (χ4n) is 7.64. The van der Waals surface area contributed by atoms with E-state index in [1.807, 2.05) is 0 Å². The average Bonchev–Trinajstić information content (AvgIpc) is 3.69. The lowest BCUT2D eigenvalue weighted by Crippen LogP contribution is -2.58. The molecule has 2 fully saturated rings. The highest BCUT2D eigenvalue weighted by Gasteiger charge is 2.87. The van der Waals surface area contributed by atoms with Gasteiger partial charge in [0.05, 0.1) is 11.6 Å². The molecule has 1 unspecified atom stereocenters. The van der Waals surface area contributed by atoms with Crippen LogP contribution in [0.25, 0.3) is 0 Å². The Morgan fingerprint density at radius 3 is 1.72 bits per heavy atom. The molecule has 1 saturated carbocycles. The molecule has 2 aliphatic heterocycles. The largest absolute Gasteiger partial charge is 0.289 e. The number of carbonyl (C=O) groups excluding carboxylic acids is 2. The van der Waals surface area contributed by atoms with Gasteiger partial charge in [0.2, 0.25) is 0 Å². The minimum Gasteiger partial charge on any atom is -0.289 e. The first kappa shape index (κ1) is 30.2. The SMILES string of the molecule is N#CC1=C(C(=O)c2ccc(Cl)cc2)[C@H](c2ccc(Cl)cc2)[C@]2(c3ccc(Cl)cc3)C3[C@@H](c4ccc(Cl)cc4)[C@@]3(C#N)C(=O)N2C1=N. The normalized spacial score (nSPS) is 26.2. The highest BCUT2D eigenvalue weighted by atomic mass is 35.5. The van der Waals surface area contributed by atoms with Crippen LogP contribution in [0, 0.1) is 39.4 Å². The van der Waals surface area contributed by atoms with Gasteiger partial charge in [-0.2, -0.15) is 10.5 Å². The lowest BCUT2D eigenvalue weighted by atomic mass is 9.62. The molecule has 3 aliphatic rings. The third-order valence-electron chi connectivity index (χ3n) is 9.45. The zero-order valence-corrected chi connectivity index (χ0v) is 26.7. The zero-order valence-electron chi connectivity index (χ0n) is 23.6. The van der Waals surface area contributed by atoms with Crippen LogP contribution in [0.5, 0.6) is 0 Å². The van der Waals surface area contributed by atoms with E-state index in [2.05, 4.69) is 12.1 Å². The third-order valence-corrected chi connectivity index (χ3v) is 10.5. The summed E-state index contributed by atoms with van der Waals surface area (Å²) in [6, 6.07) is 31.4. The number of nitriles is 2. The predicted molar refractivity (Wildman–Crippen MR) is 176 cm³/mol. The summed E-state index contributed by atoms with van der Waals surface area (Å²) in [6.45, 7) is 0. The molecule has 4 aromatic rings. The van der Waals surface area contributed by atoms with Gasteiger partial charge in [-0.15, -0.1) is 0 Å². The summed E-state index contributed by atoms with van der Waals surface area (Å²) in [5, 5.41) is 32.6.